The largest absolute Gasteiger partial charge is 0.465 e. The minimum absolute atomic E-state index is 0.0394. The number of alkyl halides is 2. The number of hydrogen-bond acceptors (Lipinski definition) is 3. The Bertz CT molecular complexity index is 285. The topological polar surface area (TPSA) is 46.5 Å². The molecular formula is C12H20F2O3. The van der Waals surface area contributed by atoms with Gasteiger partial charge in [-0.15, -0.1) is 0 Å². The monoisotopic (exact) mass is 250 g/mol. The fourth-order valence-electron chi connectivity index (χ4n) is 2.38. The molecule has 0 aromatic rings. The van der Waals surface area contributed by atoms with Gasteiger partial charge in [0.25, 0.3) is 0 Å². The van der Waals surface area contributed by atoms with Crippen LogP contribution in [-0.4, -0.2) is 29.2 Å². The molecule has 100 valence electrons. The van der Waals surface area contributed by atoms with Gasteiger partial charge >= 0.3 is 5.97 Å². The van der Waals surface area contributed by atoms with Gasteiger partial charge in [0.05, 0.1) is 17.6 Å². The van der Waals surface area contributed by atoms with Crippen molar-refractivity contribution in [2.75, 3.05) is 6.61 Å². The highest BCUT2D eigenvalue weighted by molar-refractivity contribution is 5.78. The van der Waals surface area contributed by atoms with Crippen molar-refractivity contribution in [1.82, 2.24) is 0 Å². The maximum absolute atomic E-state index is 13.2. The molecule has 0 bridgehead atoms. The molecule has 0 spiro atoms. The fraction of sp³-hybridized carbons (Fsp3) is 0.917. The zero-order valence-corrected chi connectivity index (χ0v) is 10.6. The number of carbonyl (C=O) groups excluding carboxylic acids is 1. The number of esters is 1. The van der Waals surface area contributed by atoms with E-state index >= 15 is 0 Å². The van der Waals surface area contributed by atoms with E-state index in [2.05, 4.69) is 0 Å². The van der Waals surface area contributed by atoms with Gasteiger partial charge < -0.3 is 9.84 Å². The maximum atomic E-state index is 13.2. The normalized spacial score (nSPS) is 23.2. The predicted molar refractivity (Wildman–Crippen MR) is 58.8 cm³/mol. The van der Waals surface area contributed by atoms with Crippen molar-refractivity contribution in [1.29, 1.82) is 0 Å². The first-order valence-electron chi connectivity index (χ1n) is 5.92. The van der Waals surface area contributed by atoms with Crippen LogP contribution in [0.4, 0.5) is 8.78 Å². The highest BCUT2D eigenvalue weighted by atomic mass is 19.3. The van der Waals surface area contributed by atoms with Gasteiger partial charge in [0, 0.05) is 12.8 Å². The van der Waals surface area contributed by atoms with Crippen LogP contribution in [0.1, 0.15) is 46.5 Å². The molecule has 0 aliphatic heterocycles. The lowest BCUT2D eigenvalue weighted by molar-refractivity contribution is -0.186. The van der Waals surface area contributed by atoms with Crippen LogP contribution in [0.5, 0.6) is 0 Å². The predicted octanol–water partition coefficient (Wildman–Crippen LogP) is 2.52. The van der Waals surface area contributed by atoms with Gasteiger partial charge in [-0.05, 0) is 33.6 Å². The van der Waals surface area contributed by atoms with Crippen LogP contribution in [-0.2, 0) is 9.53 Å². The van der Waals surface area contributed by atoms with Gasteiger partial charge in [-0.25, -0.2) is 8.78 Å². The Hall–Kier alpha value is -0.710. The van der Waals surface area contributed by atoms with E-state index in [0.717, 1.165) is 0 Å². The summed E-state index contributed by atoms with van der Waals surface area (Å²) in [6, 6.07) is 0. The van der Waals surface area contributed by atoms with Crippen LogP contribution in [0.25, 0.3) is 0 Å². The molecule has 1 saturated carbocycles. The second kappa shape index (κ2) is 4.52. The van der Waals surface area contributed by atoms with Crippen molar-refractivity contribution in [2.45, 2.75) is 58.0 Å². The summed E-state index contributed by atoms with van der Waals surface area (Å²) in [5, 5.41) is 10.1. The standard InChI is InChI=1S/C12H20F2O3/c1-4-17-9(15)11(10(2,3)16)5-7-12(13,14)8-6-11/h16H,4-8H2,1-3H3. The summed E-state index contributed by atoms with van der Waals surface area (Å²) in [4.78, 5) is 12.0. The fourth-order valence-corrected chi connectivity index (χ4v) is 2.38. The molecular weight excluding hydrogens is 230 g/mol. The SMILES string of the molecule is CCOC(=O)C1(C(C)(C)O)CCC(F)(F)CC1. The number of aliphatic hydroxyl groups is 1. The third kappa shape index (κ3) is 2.76. The lowest BCUT2D eigenvalue weighted by Gasteiger charge is -2.45. The first kappa shape index (κ1) is 14.4. The van der Waals surface area contributed by atoms with Crippen LogP contribution in [0.15, 0.2) is 0 Å². The average molecular weight is 250 g/mol. The minimum Gasteiger partial charge on any atom is -0.465 e. The summed E-state index contributed by atoms with van der Waals surface area (Å²) < 4.78 is 31.2. The van der Waals surface area contributed by atoms with Crippen molar-refractivity contribution in [3.8, 4) is 0 Å². The molecule has 0 aromatic heterocycles. The van der Waals surface area contributed by atoms with E-state index in [4.69, 9.17) is 4.74 Å². The Morgan fingerprint density at radius 1 is 1.29 bits per heavy atom. The van der Waals surface area contributed by atoms with E-state index < -0.39 is 22.9 Å². The number of ether oxygens (including phenoxy) is 1. The Kier molecular flexibility index (Phi) is 3.81. The molecule has 0 aromatic carbocycles. The van der Waals surface area contributed by atoms with Crippen molar-refractivity contribution in [3.63, 3.8) is 0 Å². The zero-order chi connectivity index (χ0) is 13.3. The summed E-state index contributed by atoms with van der Waals surface area (Å²) in [6.07, 6.45) is -0.837. The van der Waals surface area contributed by atoms with E-state index in [-0.39, 0.29) is 32.3 Å². The van der Waals surface area contributed by atoms with Crippen LogP contribution in [0, 0.1) is 5.41 Å². The Labute approximate surface area is 100 Å². The van der Waals surface area contributed by atoms with Gasteiger partial charge in [-0.1, -0.05) is 0 Å². The van der Waals surface area contributed by atoms with E-state index in [1.807, 2.05) is 0 Å². The van der Waals surface area contributed by atoms with Crippen LogP contribution >= 0.6 is 0 Å². The van der Waals surface area contributed by atoms with Gasteiger partial charge in [0.15, 0.2) is 0 Å². The Balaban J connectivity index is 2.95. The molecule has 0 radical (unpaired) electrons. The van der Waals surface area contributed by atoms with Crippen LogP contribution < -0.4 is 0 Å². The van der Waals surface area contributed by atoms with Crippen molar-refractivity contribution in [3.05, 3.63) is 0 Å². The second-order valence-corrected chi connectivity index (χ2v) is 5.22. The number of halogens is 2. The lowest BCUT2D eigenvalue weighted by Crippen LogP contribution is -2.53. The average Bonchev–Trinajstić information content (AvgIpc) is 2.16. The summed E-state index contributed by atoms with van der Waals surface area (Å²) in [7, 11) is 0. The van der Waals surface area contributed by atoms with Crippen LogP contribution in [0.3, 0.4) is 0 Å². The quantitative estimate of drug-likeness (QED) is 0.783. The summed E-state index contributed by atoms with van der Waals surface area (Å²) in [5.41, 5.74) is -2.56. The van der Waals surface area contributed by atoms with Gasteiger partial charge in [0.2, 0.25) is 5.92 Å². The first-order chi connectivity index (χ1) is 7.65. The van der Waals surface area contributed by atoms with Crippen molar-refractivity contribution >= 4 is 5.97 Å². The highest BCUT2D eigenvalue weighted by Crippen LogP contribution is 2.50. The molecule has 1 fully saturated rings. The molecule has 0 atom stereocenters. The lowest BCUT2D eigenvalue weighted by atomic mass is 9.63. The molecule has 17 heavy (non-hydrogen) atoms. The van der Waals surface area contributed by atoms with E-state index in [1.165, 1.54) is 13.8 Å². The molecule has 1 aliphatic carbocycles. The summed E-state index contributed by atoms with van der Waals surface area (Å²) >= 11 is 0. The third-order valence-corrected chi connectivity index (χ3v) is 3.67. The molecule has 1 N–H and O–H groups in total. The van der Waals surface area contributed by atoms with Gasteiger partial charge in [0.1, 0.15) is 0 Å². The maximum Gasteiger partial charge on any atom is 0.314 e. The third-order valence-electron chi connectivity index (χ3n) is 3.67. The van der Waals surface area contributed by atoms with E-state index in [1.54, 1.807) is 6.92 Å². The molecule has 0 saturated heterocycles. The first-order valence-corrected chi connectivity index (χ1v) is 5.92. The zero-order valence-electron chi connectivity index (χ0n) is 10.6. The smallest absolute Gasteiger partial charge is 0.314 e. The Morgan fingerprint density at radius 2 is 1.76 bits per heavy atom. The molecule has 5 heteroatoms. The van der Waals surface area contributed by atoms with Crippen LogP contribution in [0.2, 0.25) is 0 Å². The molecule has 3 nitrogen and oxygen atoms in total. The molecule has 0 unspecified atom stereocenters. The Morgan fingerprint density at radius 3 is 2.12 bits per heavy atom. The molecule has 1 aliphatic rings. The molecule has 0 heterocycles. The number of carbonyl (C=O) groups is 1. The molecule has 1 rings (SSSR count). The second-order valence-electron chi connectivity index (χ2n) is 5.22. The van der Waals surface area contributed by atoms with E-state index in [0.29, 0.717) is 0 Å². The number of rotatable bonds is 3. The minimum atomic E-state index is -2.73. The van der Waals surface area contributed by atoms with Crippen molar-refractivity contribution in [2.24, 2.45) is 5.41 Å². The summed E-state index contributed by atoms with van der Waals surface area (Å²) in [5.74, 6) is -3.30. The van der Waals surface area contributed by atoms with Gasteiger partial charge in [-0.2, -0.15) is 0 Å². The molecule has 0 amide bonds. The van der Waals surface area contributed by atoms with Gasteiger partial charge in [-0.3, -0.25) is 4.79 Å². The van der Waals surface area contributed by atoms with E-state index in [9.17, 15) is 18.7 Å². The highest BCUT2D eigenvalue weighted by Gasteiger charge is 2.56. The number of hydrogen-bond donors (Lipinski definition) is 1. The van der Waals surface area contributed by atoms with Crippen molar-refractivity contribution < 1.29 is 23.4 Å². The summed E-state index contributed by atoms with van der Waals surface area (Å²) in [6.45, 7) is 4.81.